The molecule has 3 saturated heterocycles. The maximum absolute atomic E-state index is 12.6. The molecule has 1 aromatic heterocycles. The number of ether oxygens (including phenoxy) is 1. The largest absolute Gasteiger partial charge is 0.376 e. The molecule has 6 nitrogen and oxygen atoms in total. The van der Waals surface area contributed by atoms with Gasteiger partial charge in [0.2, 0.25) is 11.8 Å². The van der Waals surface area contributed by atoms with Crippen molar-refractivity contribution in [1.29, 1.82) is 0 Å². The van der Waals surface area contributed by atoms with Gasteiger partial charge in [0.1, 0.15) is 0 Å². The summed E-state index contributed by atoms with van der Waals surface area (Å²) < 4.78 is 5.74. The molecule has 1 atom stereocenters. The number of rotatable bonds is 5. The van der Waals surface area contributed by atoms with Gasteiger partial charge < -0.3 is 14.5 Å². The highest BCUT2D eigenvalue weighted by molar-refractivity contribution is 5.78. The molecule has 3 aliphatic rings. The van der Waals surface area contributed by atoms with Crippen LogP contribution >= 0.6 is 0 Å². The Morgan fingerprint density at radius 3 is 2.71 bits per heavy atom. The number of carbonyl (C=O) groups excluding carboxylic acids is 2. The summed E-state index contributed by atoms with van der Waals surface area (Å²) in [6.45, 7) is 4.04. The van der Waals surface area contributed by atoms with Crippen molar-refractivity contribution in [2.75, 3.05) is 32.8 Å². The van der Waals surface area contributed by atoms with Gasteiger partial charge in [0.05, 0.1) is 6.10 Å². The van der Waals surface area contributed by atoms with Gasteiger partial charge in [-0.1, -0.05) is 0 Å². The Balaban J connectivity index is 1.27. The molecule has 2 amide bonds. The number of likely N-dealkylation sites (tertiary alicyclic amines) is 2. The second-order valence-electron chi connectivity index (χ2n) is 8.65. The van der Waals surface area contributed by atoms with Crippen LogP contribution in [-0.2, 0) is 20.7 Å². The molecule has 0 bridgehead atoms. The van der Waals surface area contributed by atoms with Crippen molar-refractivity contribution in [3.8, 4) is 0 Å². The molecule has 152 valence electrons. The van der Waals surface area contributed by atoms with E-state index in [2.05, 4.69) is 4.98 Å². The van der Waals surface area contributed by atoms with Crippen LogP contribution in [0.1, 0.15) is 50.5 Å². The lowest BCUT2D eigenvalue weighted by Gasteiger charge is -2.47. The number of carbonyl (C=O) groups is 2. The highest BCUT2D eigenvalue weighted by Gasteiger charge is 2.42. The molecule has 1 aromatic rings. The van der Waals surface area contributed by atoms with Gasteiger partial charge in [0, 0.05) is 58.0 Å². The molecular weight excluding hydrogens is 354 g/mol. The lowest BCUT2D eigenvalue weighted by atomic mass is 9.72. The predicted molar refractivity (Wildman–Crippen MR) is 106 cm³/mol. The summed E-state index contributed by atoms with van der Waals surface area (Å²) >= 11 is 0. The van der Waals surface area contributed by atoms with E-state index in [-0.39, 0.29) is 23.3 Å². The summed E-state index contributed by atoms with van der Waals surface area (Å²) in [7, 11) is 0. The third kappa shape index (κ3) is 4.54. The Bertz CT molecular complexity index is 680. The zero-order valence-electron chi connectivity index (χ0n) is 16.6. The Hall–Kier alpha value is -1.95. The van der Waals surface area contributed by atoms with E-state index in [1.165, 1.54) is 0 Å². The molecule has 0 unspecified atom stereocenters. The summed E-state index contributed by atoms with van der Waals surface area (Å²) in [6.07, 6.45) is 10.9. The molecule has 0 N–H and O–H groups in total. The number of pyridine rings is 1. The van der Waals surface area contributed by atoms with Crippen molar-refractivity contribution in [2.24, 2.45) is 5.41 Å². The second kappa shape index (κ2) is 8.60. The average Bonchev–Trinajstić information content (AvgIpc) is 3.24. The fourth-order valence-electron chi connectivity index (χ4n) is 4.90. The maximum atomic E-state index is 12.6. The number of hydrogen-bond donors (Lipinski definition) is 0. The summed E-state index contributed by atoms with van der Waals surface area (Å²) in [6, 6.07) is 3.94. The van der Waals surface area contributed by atoms with Crippen molar-refractivity contribution in [3.63, 3.8) is 0 Å². The molecule has 28 heavy (non-hydrogen) atoms. The number of aromatic nitrogens is 1. The van der Waals surface area contributed by atoms with Gasteiger partial charge in [-0.25, -0.2) is 0 Å². The van der Waals surface area contributed by atoms with Gasteiger partial charge in [-0.15, -0.1) is 0 Å². The third-order valence-corrected chi connectivity index (χ3v) is 6.75. The van der Waals surface area contributed by atoms with Gasteiger partial charge in [0.15, 0.2) is 0 Å². The van der Waals surface area contributed by atoms with Crippen LogP contribution in [0.15, 0.2) is 24.5 Å². The van der Waals surface area contributed by atoms with Crippen LogP contribution in [0.2, 0.25) is 0 Å². The molecule has 4 heterocycles. The van der Waals surface area contributed by atoms with Crippen molar-refractivity contribution in [3.05, 3.63) is 30.1 Å². The first-order chi connectivity index (χ1) is 13.6. The summed E-state index contributed by atoms with van der Waals surface area (Å²) in [5, 5.41) is 0. The van der Waals surface area contributed by atoms with E-state index in [0.29, 0.717) is 12.8 Å². The first-order valence-electron chi connectivity index (χ1n) is 10.7. The van der Waals surface area contributed by atoms with Crippen molar-refractivity contribution >= 4 is 11.8 Å². The molecular formula is C22H31N3O3. The van der Waals surface area contributed by atoms with Crippen molar-refractivity contribution in [2.45, 2.75) is 57.5 Å². The quantitative estimate of drug-likeness (QED) is 0.781. The number of amides is 2. The van der Waals surface area contributed by atoms with Gasteiger partial charge in [-0.2, -0.15) is 0 Å². The molecule has 3 fully saturated rings. The molecule has 6 heteroatoms. The first kappa shape index (κ1) is 19.4. The summed E-state index contributed by atoms with van der Waals surface area (Å²) in [5.74, 6) is 0.520. The zero-order chi connectivity index (χ0) is 19.4. The van der Waals surface area contributed by atoms with Crippen LogP contribution in [0.5, 0.6) is 0 Å². The van der Waals surface area contributed by atoms with Crippen LogP contribution in [0.3, 0.4) is 0 Å². The van der Waals surface area contributed by atoms with E-state index >= 15 is 0 Å². The second-order valence-corrected chi connectivity index (χ2v) is 8.65. The molecule has 0 aromatic carbocycles. The first-order valence-corrected chi connectivity index (χ1v) is 10.7. The molecule has 4 rings (SSSR count). The number of nitrogens with zero attached hydrogens (tertiary/aromatic N) is 3. The van der Waals surface area contributed by atoms with E-state index in [1.807, 2.05) is 21.9 Å². The maximum Gasteiger partial charge on any atom is 0.222 e. The minimum absolute atomic E-state index is 0.189. The normalized spacial score (nSPS) is 24.7. The smallest absolute Gasteiger partial charge is 0.222 e. The van der Waals surface area contributed by atoms with Crippen molar-refractivity contribution < 1.29 is 14.3 Å². The van der Waals surface area contributed by atoms with Crippen LogP contribution < -0.4 is 0 Å². The fraction of sp³-hybridized carbons (Fsp3) is 0.682. The standard InChI is InChI=1S/C22H31N3O3/c26-20(4-3-18-6-11-23-12-7-18)24-13-9-22(10-14-24)8-5-21(27)25(17-22)16-19-2-1-15-28-19/h6-7,11-12,19H,1-5,8-10,13-17H2/t19-/m1/s1. The average molecular weight is 386 g/mol. The van der Waals surface area contributed by atoms with E-state index in [1.54, 1.807) is 12.4 Å². The molecule has 0 aliphatic carbocycles. The Labute approximate surface area is 167 Å². The topological polar surface area (TPSA) is 62.7 Å². The lowest BCUT2D eigenvalue weighted by Crippen LogP contribution is -2.53. The summed E-state index contributed by atoms with van der Waals surface area (Å²) in [4.78, 5) is 33.1. The van der Waals surface area contributed by atoms with E-state index in [4.69, 9.17) is 4.74 Å². The predicted octanol–water partition coefficient (Wildman–Crippen LogP) is 2.42. The Morgan fingerprint density at radius 1 is 1.21 bits per heavy atom. The van der Waals surface area contributed by atoms with Gasteiger partial charge in [0.25, 0.3) is 0 Å². The molecule has 0 radical (unpaired) electrons. The number of aryl methyl sites for hydroxylation is 1. The molecule has 0 saturated carbocycles. The number of hydrogen-bond acceptors (Lipinski definition) is 4. The minimum Gasteiger partial charge on any atom is -0.376 e. The molecule has 3 aliphatic heterocycles. The van der Waals surface area contributed by atoms with E-state index in [9.17, 15) is 9.59 Å². The summed E-state index contributed by atoms with van der Waals surface area (Å²) in [5.41, 5.74) is 1.35. The SMILES string of the molecule is O=C(CCc1ccncc1)N1CCC2(CCC(=O)N(C[C@H]3CCCO3)C2)CC1. The van der Waals surface area contributed by atoms with Gasteiger partial charge in [-0.05, 0) is 61.6 Å². The van der Waals surface area contributed by atoms with E-state index in [0.717, 1.165) is 76.9 Å². The van der Waals surface area contributed by atoms with Crippen LogP contribution in [0.25, 0.3) is 0 Å². The van der Waals surface area contributed by atoms with Crippen molar-refractivity contribution in [1.82, 2.24) is 14.8 Å². The highest BCUT2D eigenvalue weighted by Crippen LogP contribution is 2.40. The highest BCUT2D eigenvalue weighted by atomic mass is 16.5. The van der Waals surface area contributed by atoms with Gasteiger partial charge >= 0.3 is 0 Å². The number of piperidine rings is 2. The zero-order valence-corrected chi connectivity index (χ0v) is 16.6. The Morgan fingerprint density at radius 2 is 2.00 bits per heavy atom. The molecule has 1 spiro atoms. The van der Waals surface area contributed by atoms with Gasteiger partial charge in [-0.3, -0.25) is 14.6 Å². The third-order valence-electron chi connectivity index (χ3n) is 6.75. The van der Waals surface area contributed by atoms with Crippen LogP contribution in [0.4, 0.5) is 0 Å². The lowest BCUT2D eigenvalue weighted by molar-refractivity contribution is -0.144. The van der Waals surface area contributed by atoms with Crippen LogP contribution in [0, 0.1) is 5.41 Å². The fourth-order valence-corrected chi connectivity index (χ4v) is 4.90. The van der Waals surface area contributed by atoms with Crippen LogP contribution in [-0.4, -0.2) is 65.5 Å². The monoisotopic (exact) mass is 385 g/mol. The Kier molecular flexibility index (Phi) is 5.95. The van der Waals surface area contributed by atoms with E-state index < -0.39 is 0 Å². The minimum atomic E-state index is 0.189.